The highest BCUT2D eigenvalue weighted by atomic mass is 16.6. The molecule has 8 nitrogen and oxygen atoms in total. The van der Waals surface area contributed by atoms with E-state index >= 15 is 0 Å². The number of benzene rings is 2. The van der Waals surface area contributed by atoms with E-state index in [1.807, 2.05) is 17.4 Å². The highest BCUT2D eigenvalue weighted by Gasteiger charge is 2.25. The number of hydrogen-bond acceptors (Lipinski definition) is 7. The summed E-state index contributed by atoms with van der Waals surface area (Å²) in [4.78, 5) is 33.8. The molecule has 2 amide bonds. The predicted molar refractivity (Wildman–Crippen MR) is 99.3 cm³/mol. The van der Waals surface area contributed by atoms with Crippen LogP contribution in [-0.2, 0) is 25.5 Å². The van der Waals surface area contributed by atoms with E-state index in [2.05, 4.69) is 4.74 Å². The fourth-order valence-corrected chi connectivity index (χ4v) is 2.52. The molecule has 1 aliphatic rings. The highest BCUT2D eigenvalue weighted by Crippen LogP contribution is 2.23. The zero-order valence-electron chi connectivity index (χ0n) is 15.0. The van der Waals surface area contributed by atoms with Crippen molar-refractivity contribution in [1.29, 1.82) is 0 Å². The molecule has 2 aromatic rings. The quantitative estimate of drug-likeness (QED) is 0.580. The van der Waals surface area contributed by atoms with Crippen molar-refractivity contribution in [2.45, 2.75) is 12.5 Å². The average Bonchev–Trinajstić information content (AvgIpc) is 3.01. The summed E-state index contributed by atoms with van der Waals surface area (Å²) in [6.07, 6.45) is 1.05. The van der Waals surface area contributed by atoms with Gasteiger partial charge in [-0.1, -0.05) is 24.3 Å². The molecule has 0 bridgehead atoms. The lowest BCUT2D eigenvalue weighted by Gasteiger charge is -2.10. The summed E-state index contributed by atoms with van der Waals surface area (Å²) < 4.78 is 15.1. The number of carbonyl (C=O) groups excluding carboxylic acids is 3. The van der Waals surface area contributed by atoms with Gasteiger partial charge in [0.05, 0.1) is 7.11 Å². The molecule has 0 aliphatic carbocycles. The third-order valence-corrected chi connectivity index (χ3v) is 3.94. The van der Waals surface area contributed by atoms with Gasteiger partial charge in [0.1, 0.15) is 17.5 Å². The molecule has 3 N–H and O–H groups in total. The number of amides is 2. The van der Waals surface area contributed by atoms with Crippen molar-refractivity contribution in [2.24, 2.45) is 5.73 Å². The Balaban J connectivity index is 1.61. The highest BCUT2D eigenvalue weighted by molar-refractivity contribution is 6.09. The first kappa shape index (κ1) is 19.1. The minimum absolute atomic E-state index is 0.0561. The third kappa shape index (κ3) is 4.74. The van der Waals surface area contributed by atoms with E-state index in [0.29, 0.717) is 23.5 Å². The van der Waals surface area contributed by atoms with Gasteiger partial charge in [0.25, 0.3) is 5.91 Å². The Morgan fingerprint density at radius 3 is 2.25 bits per heavy atom. The number of ether oxygens (including phenoxy) is 3. The molecule has 3 rings (SSSR count). The van der Waals surface area contributed by atoms with Crippen LogP contribution in [-0.4, -0.2) is 31.1 Å². The zero-order chi connectivity index (χ0) is 20.1. The standard InChI is InChI=1S/C20H18N2O6/c1-26-19(24)16(21)10-12-2-6-14(7-3-12)27-15-8-4-13(5-9-15)11-17-18(23)22-20(25)28-17/h2-9,11,16H,10,21H2,1H3,(H,22,23,25). The van der Waals surface area contributed by atoms with Crippen LogP contribution in [0.15, 0.2) is 54.3 Å². The number of imide groups is 1. The molecule has 1 aliphatic heterocycles. The van der Waals surface area contributed by atoms with Crippen LogP contribution in [0.1, 0.15) is 11.1 Å². The monoisotopic (exact) mass is 382 g/mol. The molecule has 1 atom stereocenters. The third-order valence-electron chi connectivity index (χ3n) is 3.94. The summed E-state index contributed by atoms with van der Waals surface area (Å²) in [6.45, 7) is 0. The number of alkyl carbamates (subject to hydrolysis) is 1. The van der Waals surface area contributed by atoms with Gasteiger partial charge in [-0.15, -0.1) is 0 Å². The zero-order valence-corrected chi connectivity index (χ0v) is 15.0. The summed E-state index contributed by atoms with van der Waals surface area (Å²) in [5.41, 5.74) is 7.31. The van der Waals surface area contributed by atoms with Crippen LogP contribution in [0, 0.1) is 0 Å². The SMILES string of the molecule is COC(=O)C(N)Cc1ccc(Oc2ccc(C=C3OC(=O)NC3=O)cc2)cc1. The molecule has 1 heterocycles. The summed E-state index contributed by atoms with van der Waals surface area (Å²) in [7, 11) is 1.30. The number of cyclic esters (lactones) is 1. The van der Waals surface area contributed by atoms with E-state index < -0.39 is 24.0 Å². The Kier molecular flexibility index (Phi) is 5.71. The Hall–Kier alpha value is -3.65. The number of nitrogens with one attached hydrogen (secondary N) is 1. The van der Waals surface area contributed by atoms with Gasteiger partial charge >= 0.3 is 12.1 Å². The number of rotatable bonds is 6. The molecule has 0 aromatic heterocycles. The number of esters is 1. The first-order valence-electron chi connectivity index (χ1n) is 8.40. The van der Waals surface area contributed by atoms with Gasteiger partial charge in [-0.05, 0) is 47.9 Å². The van der Waals surface area contributed by atoms with Crippen LogP contribution in [0.3, 0.4) is 0 Å². The Labute approximate surface area is 160 Å². The molecule has 144 valence electrons. The number of carbonyl (C=O) groups is 3. The lowest BCUT2D eigenvalue weighted by atomic mass is 10.1. The summed E-state index contributed by atoms with van der Waals surface area (Å²) in [6, 6.07) is 13.4. The topological polar surface area (TPSA) is 117 Å². The van der Waals surface area contributed by atoms with Crippen LogP contribution in [0.4, 0.5) is 4.79 Å². The maximum absolute atomic E-state index is 11.5. The molecule has 2 aromatic carbocycles. The van der Waals surface area contributed by atoms with Gasteiger partial charge in [-0.3, -0.25) is 14.9 Å². The van der Waals surface area contributed by atoms with Gasteiger partial charge < -0.3 is 19.9 Å². The van der Waals surface area contributed by atoms with E-state index in [1.165, 1.54) is 13.2 Å². The smallest absolute Gasteiger partial charge is 0.419 e. The molecule has 1 fully saturated rings. The molecular weight excluding hydrogens is 364 g/mol. The Morgan fingerprint density at radius 1 is 1.11 bits per heavy atom. The van der Waals surface area contributed by atoms with Crippen LogP contribution >= 0.6 is 0 Å². The van der Waals surface area contributed by atoms with Crippen molar-refractivity contribution in [2.75, 3.05) is 7.11 Å². The first-order valence-corrected chi connectivity index (χ1v) is 8.40. The van der Waals surface area contributed by atoms with Crippen molar-refractivity contribution in [1.82, 2.24) is 5.32 Å². The van der Waals surface area contributed by atoms with E-state index in [4.69, 9.17) is 15.2 Å². The molecule has 8 heteroatoms. The molecule has 0 saturated carbocycles. The average molecular weight is 382 g/mol. The number of hydrogen-bond donors (Lipinski definition) is 2. The van der Waals surface area contributed by atoms with E-state index in [0.717, 1.165) is 5.56 Å². The maximum Gasteiger partial charge on any atom is 0.419 e. The number of methoxy groups -OCH3 is 1. The lowest BCUT2D eigenvalue weighted by Crippen LogP contribution is -2.33. The van der Waals surface area contributed by atoms with E-state index in [9.17, 15) is 14.4 Å². The summed E-state index contributed by atoms with van der Waals surface area (Å²) in [5.74, 6) is 0.122. The normalized spacial score (nSPS) is 15.7. The maximum atomic E-state index is 11.5. The second-order valence-corrected chi connectivity index (χ2v) is 6.00. The van der Waals surface area contributed by atoms with Gasteiger partial charge in [-0.2, -0.15) is 0 Å². The van der Waals surface area contributed by atoms with Crippen LogP contribution < -0.4 is 15.8 Å². The van der Waals surface area contributed by atoms with Crippen LogP contribution in [0.25, 0.3) is 6.08 Å². The molecule has 1 saturated heterocycles. The molecular formula is C20H18N2O6. The van der Waals surface area contributed by atoms with Gasteiger partial charge in [0.15, 0.2) is 5.76 Å². The minimum atomic E-state index is -0.785. The van der Waals surface area contributed by atoms with E-state index in [-0.39, 0.29) is 5.76 Å². The fourth-order valence-electron chi connectivity index (χ4n) is 2.52. The van der Waals surface area contributed by atoms with Crippen molar-refractivity contribution >= 4 is 24.0 Å². The van der Waals surface area contributed by atoms with Crippen molar-refractivity contribution < 1.29 is 28.6 Å². The van der Waals surface area contributed by atoms with Gasteiger partial charge in [0.2, 0.25) is 0 Å². The van der Waals surface area contributed by atoms with Crippen LogP contribution in [0.5, 0.6) is 11.5 Å². The predicted octanol–water partition coefficient (Wildman–Crippen LogP) is 2.13. The van der Waals surface area contributed by atoms with Crippen molar-refractivity contribution in [3.8, 4) is 11.5 Å². The second kappa shape index (κ2) is 8.36. The number of nitrogens with two attached hydrogens (primary N) is 1. The van der Waals surface area contributed by atoms with Crippen molar-refractivity contribution in [3.05, 3.63) is 65.4 Å². The van der Waals surface area contributed by atoms with E-state index in [1.54, 1.807) is 36.4 Å². The summed E-state index contributed by atoms with van der Waals surface area (Å²) in [5, 5.41) is 2.03. The molecule has 1 unspecified atom stereocenters. The van der Waals surface area contributed by atoms with Gasteiger partial charge in [0, 0.05) is 0 Å². The Morgan fingerprint density at radius 2 is 1.71 bits per heavy atom. The van der Waals surface area contributed by atoms with Crippen molar-refractivity contribution in [3.63, 3.8) is 0 Å². The largest absolute Gasteiger partial charge is 0.468 e. The molecule has 0 spiro atoms. The lowest BCUT2D eigenvalue weighted by molar-refractivity contribution is -0.142. The molecule has 0 radical (unpaired) electrons. The summed E-state index contributed by atoms with van der Waals surface area (Å²) >= 11 is 0. The van der Waals surface area contributed by atoms with Crippen LogP contribution in [0.2, 0.25) is 0 Å². The molecule has 28 heavy (non-hydrogen) atoms. The van der Waals surface area contributed by atoms with Gasteiger partial charge in [-0.25, -0.2) is 4.79 Å². The fraction of sp³-hybridized carbons (Fsp3) is 0.150. The second-order valence-electron chi connectivity index (χ2n) is 6.00. The minimum Gasteiger partial charge on any atom is -0.468 e. The Bertz CT molecular complexity index is 919. The first-order chi connectivity index (χ1) is 13.4.